The number of ether oxygens (including phenoxy) is 1. The molecule has 0 spiro atoms. The van der Waals surface area contributed by atoms with E-state index in [-0.39, 0.29) is 12.6 Å². The number of halogens is 2. The van der Waals surface area contributed by atoms with Crippen LogP contribution in [0.15, 0.2) is 51.8 Å². The van der Waals surface area contributed by atoms with Gasteiger partial charge in [-0.15, -0.1) is 16.9 Å². The smallest absolute Gasteiger partial charge is 0.322 e. The summed E-state index contributed by atoms with van der Waals surface area (Å²) in [5, 5.41) is 11.0. The fourth-order valence-corrected chi connectivity index (χ4v) is 2.89. The Morgan fingerprint density at radius 2 is 1.96 bits per heavy atom. The number of rotatable bonds is 6. The lowest BCUT2D eigenvalue weighted by molar-refractivity contribution is -0.118. The number of carbonyl (C=O) groups excluding carboxylic acids is 1. The van der Waals surface area contributed by atoms with Crippen molar-refractivity contribution in [2.45, 2.75) is 4.90 Å². The molecule has 9 heteroatoms. The highest BCUT2D eigenvalue weighted by Crippen LogP contribution is 2.27. The van der Waals surface area contributed by atoms with E-state index in [1.54, 1.807) is 23.9 Å². The summed E-state index contributed by atoms with van der Waals surface area (Å²) in [5.41, 5.74) is 0.764. The van der Waals surface area contributed by atoms with E-state index >= 15 is 0 Å². The fraction of sp³-hybridized carbons (Fsp3) is 0.118. The topological polar surface area (TPSA) is 77.2 Å². The van der Waals surface area contributed by atoms with Gasteiger partial charge in [-0.05, 0) is 48.7 Å². The van der Waals surface area contributed by atoms with Crippen molar-refractivity contribution < 1.29 is 13.9 Å². The first kappa shape index (κ1) is 18.6. The van der Waals surface area contributed by atoms with Gasteiger partial charge < -0.3 is 9.15 Å². The molecule has 6 nitrogen and oxygen atoms in total. The quantitative estimate of drug-likeness (QED) is 0.590. The molecule has 3 aromatic rings. The molecular weight excluding hydrogens is 397 g/mol. The highest BCUT2D eigenvalue weighted by molar-refractivity contribution is 7.98. The molecule has 3 rings (SSSR count). The maximum atomic E-state index is 12.0. The third kappa shape index (κ3) is 4.69. The molecule has 1 amide bonds. The minimum Gasteiger partial charge on any atom is -0.482 e. The zero-order chi connectivity index (χ0) is 18.5. The van der Waals surface area contributed by atoms with Crippen LogP contribution in [-0.4, -0.2) is 29.0 Å². The van der Waals surface area contributed by atoms with E-state index in [2.05, 4.69) is 15.5 Å². The van der Waals surface area contributed by atoms with Crippen molar-refractivity contribution in [3.63, 3.8) is 0 Å². The van der Waals surface area contributed by atoms with E-state index in [1.807, 2.05) is 30.5 Å². The number of nitrogens with one attached hydrogen (secondary N) is 1. The average molecular weight is 410 g/mol. The summed E-state index contributed by atoms with van der Waals surface area (Å²) in [6, 6.07) is 12.4. The monoisotopic (exact) mass is 409 g/mol. The number of thioether (sulfide) groups is 1. The summed E-state index contributed by atoms with van der Waals surface area (Å²) in [6.07, 6.45) is 1.99. The maximum absolute atomic E-state index is 12.0. The Morgan fingerprint density at radius 1 is 1.19 bits per heavy atom. The Balaban J connectivity index is 1.58. The van der Waals surface area contributed by atoms with Gasteiger partial charge in [0, 0.05) is 15.5 Å². The number of aromatic nitrogens is 2. The van der Waals surface area contributed by atoms with Gasteiger partial charge >= 0.3 is 6.01 Å². The average Bonchev–Trinajstić information content (AvgIpc) is 3.09. The number of carbonyl (C=O) groups is 1. The predicted molar refractivity (Wildman–Crippen MR) is 102 cm³/mol. The van der Waals surface area contributed by atoms with Gasteiger partial charge in [0.15, 0.2) is 6.61 Å². The van der Waals surface area contributed by atoms with Gasteiger partial charge in [0.05, 0.1) is 5.02 Å². The SMILES string of the molecule is CSc1ccc(-c2nnc(NC(=O)COc3ccc(Cl)cc3Cl)o2)cc1. The molecule has 0 bridgehead atoms. The van der Waals surface area contributed by atoms with Gasteiger partial charge in [-0.2, -0.15) is 0 Å². The molecule has 0 unspecified atom stereocenters. The molecule has 134 valence electrons. The van der Waals surface area contributed by atoms with E-state index < -0.39 is 5.91 Å². The minimum atomic E-state index is -0.455. The third-order valence-electron chi connectivity index (χ3n) is 3.26. The van der Waals surface area contributed by atoms with Crippen molar-refractivity contribution in [1.29, 1.82) is 0 Å². The summed E-state index contributed by atoms with van der Waals surface area (Å²) in [4.78, 5) is 13.1. The number of hydrogen-bond donors (Lipinski definition) is 1. The lowest BCUT2D eigenvalue weighted by atomic mass is 10.2. The van der Waals surface area contributed by atoms with Crippen LogP contribution >= 0.6 is 35.0 Å². The van der Waals surface area contributed by atoms with Gasteiger partial charge in [0.1, 0.15) is 5.75 Å². The first-order chi connectivity index (χ1) is 12.5. The largest absolute Gasteiger partial charge is 0.482 e. The molecule has 0 radical (unpaired) electrons. The first-order valence-corrected chi connectivity index (χ1v) is 9.39. The van der Waals surface area contributed by atoms with E-state index in [0.717, 1.165) is 10.5 Å². The normalized spacial score (nSPS) is 10.6. The minimum absolute atomic E-state index is 0.00949. The molecule has 0 aliphatic rings. The molecular formula is C17H13Cl2N3O3S. The number of amides is 1. The predicted octanol–water partition coefficient (Wildman–Crippen LogP) is 4.78. The van der Waals surface area contributed by atoms with E-state index in [9.17, 15) is 4.79 Å². The second kappa shape index (κ2) is 8.44. The Hall–Kier alpha value is -2.22. The Labute approximate surface area is 163 Å². The molecule has 0 fully saturated rings. The van der Waals surface area contributed by atoms with Crippen molar-refractivity contribution in [2.75, 3.05) is 18.2 Å². The standard InChI is InChI=1S/C17H13Cl2N3O3S/c1-26-12-5-2-10(3-6-12)16-21-22-17(25-16)20-15(23)9-24-14-7-4-11(18)8-13(14)19/h2-8H,9H2,1H3,(H,20,22,23). The highest BCUT2D eigenvalue weighted by Gasteiger charge is 2.12. The second-order valence-electron chi connectivity index (χ2n) is 5.05. The third-order valence-corrected chi connectivity index (χ3v) is 4.54. The lowest BCUT2D eigenvalue weighted by Crippen LogP contribution is -2.20. The molecule has 0 aliphatic heterocycles. The molecule has 2 aromatic carbocycles. The van der Waals surface area contributed by atoms with Crippen molar-refractivity contribution in [3.8, 4) is 17.2 Å². The van der Waals surface area contributed by atoms with Crippen LogP contribution < -0.4 is 10.1 Å². The van der Waals surface area contributed by atoms with Crippen LogP contribution in [0.2, 0.25) is 10.0 Å². The van der Waals surface area contributed by atoms with Crippen LogP contribution in [0.5, 0.6) is 5.75 Å². The number of nitrogens with zero attached hydrogens (tertiary/aromatic N) is 2. The summed E-state index contributed by atoms with van der Waals surface area (Å²) < 4.78 is 10.8. The highest BCUT2D eigenvalue weighted by atomic mass is 35.5. The van der Waals surface area contributed by atoms with Crippen molar-refractivity contribution in [3.05, 3.63) is 52.5 Å². The zero-order valence-electron chi connectivity index (χ0n) is 13.5. The van der Waals surface area contributed by atoms with Gasteiger partial charge in [0.2, 0.25) is 5.89 Å². The molecule has 1 heterocycles. The van der Waals surface area contributed by atoms with Crippen LogP contribution in [0.1, 0.15) is 0 Å². The van der Waals surface area contributed by atoms with E-state index in [4.69, 9.17) is 32.4 Å². The maximum Gasteiger partial charge on any atom is 0.322 e. The van der Waals surface area contributed by atoms with Crippen molar-refractivity contribution in [2.24, 2.45) is 0 Å². The summed E-state index contributed by atoms with van der Waals surface area (Å²) >= 11 is 13.4. The number of benzene rings is 2. The van der Waals surface area contributed by atoms with E-state index in [0.29, 0.717) is 21.7 Å². The van der Waals surface area contributed by atoms with Crippen LogP contribution in [0.4, 0.5) is 6.01 Å². The first-order valence-electron chi connectivity index (χ1n) is 7.41. The Bertz CT molecular complexity index is 916. The lowest BCUT2D eigenvalue weighted by Gasteiger charge is -2.07. The molecule has 0 saturated carbocycles. The molecule has 1 N–H and O–H groups in total. The molecule has 0 atom stereocenters. The fourth-order valence-electron chi connectivity index (χ4n) is 2.01. The van der Waals surface area contributed by atoms with Crippen molar-refractivity contribution >= 4 is 46.9 Å². The summed E-state index contributed by atoms with van der Waals surface area (Å²) in [5.74, 6) is 0.213. The van der Waals surface area contributed by atoms with Crippen molar-refractivity contribution in [1.82, 2.24) is 10.2 Å². The van der Waals surface area contributed by atoms with Crippen LogP contribution in [-0.2, 0) is 4.79 Å². The molecule has 26 heavy (non-hydrogen) atoms. The molecule has 1 aromatic heterocycles. The summed E-state index contributed by atoms with van der Waals surface area (Å²) in [7, 11) is 0. The Kier molecular flexibility index (Phi) is 6.03. The Morgan fingerprint density at radius 3 is 2.65 bits per heavy atom. The van der Waals surface area contributed by atoms with E-state index in [1.165, 1.54) is 6.07 Å². The van der Waals surface area contributed by atoms with Crippen LogP contribution in [0, 0.1) is 0 Å². The van der Waals surface area contributed by atoms with Crippen LogP contribution in [0.25, 0.3) is 11.5 Å². The second-order valence-corrected chi connectivity index (χ2v) is 6.78. The van der Waals surface area contributed by atoms with Gasteiger partial charge in [-0.3, -0.25) is 10.1 Å². The van der Waals surface area contributed by atoms with Gasteiger partial charge in [-0.25, -0.2) is 0 Å². The number of anilines is 1. The van der Waals surface area contributed by atoms with Gasteiger partial charge in [0.25, 0.3) is 5.91 Å². The van der Waals surface area contributed by atoms with Gasteiger partial charge in [-0.1, -0.05) is 28.3 Å². The zero-order valence-corrected chi connectivity index (χ0v) is 15.9. The van der Waals surface area contributed by atoms with Crippen LogP contribution in [0.3, 0.4) is 0 Å². The number of hydrogen-bond acceptors (Lipinski definition) is 6. The molecule has 0 saturated heterocycles. The summed E-state index contributed by atoms with van der Waals surface area (Å²) in [6.45, 7) is -0.262. The molecule has 0 aliphatic carbocycles.